The molecule has 1 atom stereocenters. The third-order valence-electron chi connectivity index (χ3n) is 2.33. The maximum atomic E-state index is 10.5. The fraction of sp³-hybridized carbons (Fsp3) is 0.800. The number of carbonyl (C=O) groups excluding carboxylic acids is 1. The fourth-order valence-electron chi connectivity index (χ4n) is 1.60. The molecular weight excluding hydrogens is 180 g/mol. The quantitative estimate of drug-likeness (QED) is 0.694. The molecule has 2 N–H and O–H groups in total. The minimum Gasteiger partial charge on any atom is -0.466 e. The molecule has 0 aromatic rings. The highest BCUT2D eigenvalue weighted by atomic mass is 16.5. The van der Waals surface area contributed by atoms with E-state index in [4.69, 9.17) is 10.5 Å². The summed E-state index contributed by atoms with van der Waals surface area (Å²) < 4.78 is 4.87. The Morgan fingerprint density at radius 1 is 1.64 bits per heavy atom. The molecule has 0 aliphatic carbocycles. The zero-order valence-electron chi connectivity index (χ0n) is 8.66. The predicted molar refractivity (Wildman–Crippen MR) is 55.1 cm³/mol. The minimum absolute atomic E-state index is 0.226. The van der Waals surface area contributed by atoms with Gasteiger partial charge in [0.05, 0.1) is 18.5 Å². The van der Waals surface area contributed by atoms with Crippen molar-refractivity contribution >= 4 is 11.8 Å². The van der Waals surface area contributed by atoms with Crippen LogP contribution in [0.1, 0.15) is 39.0 Å². The van der Waals surface area contributed by atoms with E-state index in [9.17, 15) is 4.79 Å². The average Bonchev–Trinajstić information content (AvgIpc) is 2.29. The smallest absolute Gasteiger partial charge is 0.302 e. The zero-order chi connectivity index (χ0) is 10.4. The van der Waals surface area contributed by atoms with Crippen molar-refractivity contribution in [1.82, 2.24) is 0 Å². The van der Waals surface area contributed by atoms with Gasteiger partial charge in [-0.1, -0.05) is 6.42 Å². The summed E-state index contributed by atoms with van der Waals surface area (Å²) in [4.78, 5) is 14.9. The van der Waals surface area contributed by atoms with Crippen LogP contribution in [0.2, 0.25) is 0 Å². The van der Waals surface area contributed by atoms with Crippen LogP contribution in [0, 0.1) is 0 Å². The van der Waals surface area contributed by atoms with Crippen molar-refractivity contribution in [2.24, 2.45) is 10.7 Å². The molecule has 0 aromatic carbocycles. The van der Waals surface area contributed by atoms with Gasteiger partial charge in [0.25, 0.3) is 0 Å². The molecule has 1 aliphatic rings. The Hall–Kier alpha value is -1.06. The van der Waals surface area contributed by atoms with Gasteiger partial charge in [-0.2, -0.15) is 0 Å². The van der Waals surface area contributed by atoms with Gasteiger partial charge in [0.2, 0.25) is 0 Å². The monoisotopic (exact) mass is 198 g/mol. The predicted octanol–water partition coefficient (Wildman–Crippen LogP) is 1.24. The summed E-state index contributed by atoms with van der Waals surface area (Å²) in [7, 11) is 0. The van der Waals surface area contributed by atoms with Gasteiger partial charge in [0.1, 0.15) is 0 Å². The summed E-state index contributed by atoms with van der Waals surface area (Å²) in [6.45, 7) is 1.88. The van der Waals surface area contributed by atoms with Crippen LogP contribution < -0.4 is 5.73 Å². The second-order valence-electron chi connectivity index (χ2n) is 3.65. The lowest BCUT2D eigenvalue weighted by Gasteiger charge is -2.10. The first-order chi connectivity index (χ1) is 6.68. The summed E-state index contributed by atoms with van der Waals surface area (Å²) in [5.41, 5.74) is 5.70. The van der Waals surface area contributed by atoms with Gasteiger partial charge >= 0.3 is 5.97 Å². The van der Waals surface area contributed by atoms with Gasteiger partial charge in [-0.3, -0.25) is 9.79 Å². The summed E-state index contributed by atoms with van der Waals surface area (Å²) in [5, 5.41) is 0. The third-order valence-corrected chi connectivity index (χ3v) is 2.33. The fourth-order valence-corrected chi connectivity index (χ4v) is 1.60. The highest BCUT2D eigenvalue weighted by Gasteiger charge is 2.11. The summed E-state index contributed by atoms with van der Waals surface area (Å²) in [6.07, 6.45) is 5.04. The summed E-state index contributed by atoms with van der Waals surface area (Å²) in [6, 6.07) is 0.247. The van der Waals surface area contributed by atoms with E-state index in [1.54, 1.807) is 0 Å². The Balaban J connectivity index is 2.28. The SMILES string of the molecule is CC(=O)OCCC1CCCCC(N)=N1. The van der Waals surface area contributed by atoms with Crippen LogP contribution >= 0.6 is 0 Å². The summed E-state index contributed by atoms with van der Waals surface area (Å²) >= 11 is 0. The van der Waals surface area contributed by atoms with Crippen molar-refractivity contribution < 1.29 is 9.53 Å². The maximum Gasteiger partial charge on any atom is 0.302 e. The van der Waals surface area contributed by atoms with E-state index in [-0.39, 0.29) is 12.0 Å². The number of nitrogens with zero attached hydrogens (tertiary/aromatic N) is 1. The van der Waals surface area contributed by atoms with Crippen LogP contribution in [-0.2, 0) is 9.53 Å². The molecule has 1 heterocycles. The normalized spacial score (nSPS) is 22.4. The molecule has 0 fully saturated rings. The van der Waals surface area contributed by atoms with Crippen LogP contribution in [-0.4, -0.2) is 24.5 Å². The van der Waals surface area contributed by atoms with Crippen molar-refractivity contribution in [3.8, 4) is 0 Å². The highest BCUT2D eigenvalue weighted by Crippen LogP contribution is 2.14. The molecule has 0 amide bonds. The van der Waals surface area contributed by atoms with E-state index < -0.39 is 0 Å². The number of hydrogen-bond donors (Lipinski definition) is 1. The van der Waals surface area contributed by atoms with E-state index in [1.165, 1.54) is 6.92 Å². The van der Waals surface area contributed by atoms with Crippen LogP contribution in [0.3, 0.4) is 0 Å². The Bertz CT molecular complexity index is 226. The molecule has 1 rings (SSSR count). The third kappa shape index (κ3) is 4.25. The van der Waals surface area contributed by atoms with Crippen molar-refractivity contribution in [3.05, 3.63) is 0 Å². The van der Waals surface area contributed by atoms with Crippen LogP contribution in [0.4, 0.5) is 0 Å². The largest absolute Gasteiger partial charge is 0.466 e. The van der Waals surface area contributed by atoms with E-state index in [0.29, 0.717) is 6.61 Å². The number of rotatable bonds is 3. The Kier molecular flexibility index (Phi) is 4.43. The van der Waals surface area contributed by atoms with Crippen LogP contribution in [0.5, 0.6) is 0 Å². The maximum absolute atomic E-state index is 10.5. The highest BCUT2D eigenvalue weighted by molar-refractivity contribution is 5.80. The lowest BCUT2D eigenvalue weighted by Crippen LogP contribution is -2.15. The first-order valence-corrected chi connectivity index (χ1v) is 5.14. The van der Waals surface area contributed by atoms with E-state index in [2.05, 4.69) is 4.99 Å². The number of hydrogen-bond acceptors (Lipinski definition) is 4. The lowest BCUT2D eigenvalue weighted by molar-refractivity contribution is -0.141. The first-order valence-electron chi connectivity index (χ1n) is 5.14. The van der Waals surface area contributed by atoms with Crippen LogP contribution in [0.25, 0.3) is 0 Å². The molecule has 0 bridgehead atoms. The molecule has 0 saturated heterocycles. The van der Waals surface area contributed by atoms with Crippen molar-refractivity contribution in [1.29, 1.82) is 0 Å². The average molecular weight is 198 g/mol. The number of carbonyl (C=O) groups is 1. The van der Waals surface area contributed by atoms with E-state index >= 15 is 0 Å². The van der Waals surface area contributed by atoms with Gasteiger partial charge in [0, 0.05) is 19.8 Å². The number of esters is 1. The Labute approximate surface area is 84.5 Å². The summed E-state index contributed by atoms with van der Waals surface area (Å²) in [5.74, 6) is 0.519. The first kappa shape index (κ1) is 11.0. The second-order valence-corrected chi connectivity index (χ2v) is 3.65. The van der Waals surface area contributed by atoms with Crippen LogP contribution in [0.15, 0.2) is 4.99 Å². The zero-order valence-corrected chi connectivity index (χ0v) is 8.66. The van der Waals surface area contributed by atoms with E-state index in [1.807, 2.05) is 0 Å². The molecular formula is C10H18N2O2. The molecule has 4 nitrogen and oxygen atoms in total. The van der Waals surface area contributed by atoms with Gasteiger partial charge in [-0.15, -0.1) is 0 Å². The molecule has 0 saturated carbocycles. The van der Waals surface area contributed by atoms with Gasteiger partial charge in [-0.05, 0) is 12.8 Å². The number of aliphatic imine (C=N–C) groups is 1. The van der Waals surface area contributed by atoms with Crippen molar-refractivity contribution in [2.75, 3.05) is 6.61 Å². The molecule has 1 aliphatic heterocycles. The lowest BCUT2D eigenvalue weighted by atomic mass is 10.1. The van der Waals surface area contributed by atoms with Gasteiger partial charge < -0.3 is 10.5 Å². The van der Waals surface area contributed by atoms with E-state index in [0.717, 1.165) is 37.9 Å². The molecule has 1 unspecified atom stereocenters. The standard InChI is InChI=1S/C10H18N2O2/c1-8(13)14-7-6-9-4-2-3-5-10(11)12-9/h9H,2-7H2,1H3,(H2,11,12). The topological polar surface area (TPSA) is 64.7 Å². The van der Waals surface area contributed by atoms with Gasteiger partial charge in [-0.25, -0.2) is 0 Å². The van der Waals surface area contributed by atoms with Crippen molar-refractivity contribution in [3.63, 3.8) is 0 Å². The Morgan fingerprint density at radius 2 is 2.43 bits per heavy atom. The van der Waals surface area contributed by atoms with Gasteiger partial charge in [0.15, 0.2) is 0 Å². The molecule has 80 valence electrons. The minimum atomic E-state index is -0.226. The number of ether oxygens (including phenoxy) is 1. The Morgan fingerprint density at radius 3 is 3.14 bits per heavy atom. The van der Waals surface area contributed by atoms with Crippen molar-refractivity contribution in [2.45, 2.75) is 45.1 Å². The molecule has 0 radical (unpaired) electrons. The molecule has 0 aromatic heterocycles. The molecule has 0 spiro atoms. The second kappa shape index (κ2) is 5.62. The number of nitrogens with two attached hydrogens (primary N) is 1. The number of amidine groups is 1. The molecule has 14 heavy (non-hydrogen) atoms. The molecule has 4 heteroatoms.